The minimum atomic E-state index is -4.96. The van der Waals surface area contributed by atoms with Crippen molar-refractivity contribution in [3.8, 4) is 5.69 Å². The van der Waals surface area contributed by atoms with E-state index >= 15 is 0 Å². The van der Waals surface area contributed by atoms with E-state index in [-0.39, 0.29) is 43.2 Å². The molecule has 0 saturated heterocycles. The molecule has 3 rings (SSSR count). The number of hydrogen-bond acceptors (Lipinski definition) is 4. The maximum Gasteiger partial charge on any atom is 0.431 e. The molecule has 6 nitrogen and oxygen atoms in total. The molecule has 136 valence electrons. The molecule has 0 atom stereocenters. The van der Waals surface area contributed by atoms with E-state index in [0.717, 1.165) is 19.2 Å². The molecule has 2 heterocycles. The molecule has 0 aliphatic heterocycles. The van der Waals surface area contributed by atoms with Crippen LogP contribution in [0.3, 0.4) is 0 Å². The summed E-state index contributed by atoms with van der Waals surface area (Å²) in [6.07, 6.45) is -4.67. The van der Waals surface area contributed by atoms with Gasteiger partial charge in [0.1, 0.15) is 17.2 Å². The molecule has 0 aliphatic carbocycles. The molecule has 0 N–H and O–H groups in total. The Labute approximate surface area is 145 Å². The standard InChI is InChI=1S/C15H7ClF4N2O4/c1-21-10(15(18,19)20)4-11(24)22(14(21)25)12-7-2-6(5-23)26-13(7)8(16)3-9(12)17/h2-5H,1H3. The number of hydrogen-bond donors (Lipinski definition) is 0. The molecule has 0 unspecified atom stereocenters. The van der Waals surface area contributed by atoms with Crippen LogP contribution in [0, 0.1) is 5.82 Å². The zero-order valence-electron chi connectivity index (χ0n) is 12.7. The second-order valence-electron chi connectivity index (χ2n) is 5.24. The van der Waals surface area contributed by atoms with E-state index in [2.05, 4.69) is 0 Å². The van der Waals surface area contributed by atoms with E-state index in [1.54, 1.807) is 0 Å². The second kappa shape index (κ2) is 5.84. The average Bonchev–Trinajstić information content (AvgIpc) is 2.97. The van der Waals surface area contributed by atoms with Gasteiger partial charge < -0.3 is 4.42 Å². The lowest BCUT2D eigenvalue weighted by Crippen LogP contribution is -2.41. The van der Waals surface area contributed by atoms with Gasteiger partial charge in [-0.1, -0.05) is 11.6 Å². The van der Waals surface area contributed by atoms with Crippen molar-refractivity contribution in [3.05, 3.63) is 61.3 Å². The summed E-state index contributed by atoms with van der Waals surface area (Å²) < 4.78 is 58.7. The van der Waals surface area contributed by atoms with Gasteiger partial charge in [0.25, 0.3) is 5.56 Å². The van der Waals surface area contributed by atoms with Crippen LogP contribution in [0.5, 0.6) is 0 Å². The maximum atomic E-state index is 14.5. The summed E-state index contributed by atoms with van der Waals surface area (Å²) in [4.78, 5) is 35.4. The van der Waals surface area contributed by atoms with Crippen LogP contribution in [0.4, 0.5) is 17.6 Å². The number of carbonyl (C=O) groups excluding carboxylic acids is 1. The maximum absolute atomic E-state index is 14.5. The summed E-state index contributed by atoms with van der Waals surface area (Å²) in [5.41, 5.74) is -5.19. The van der Waals surface area contributed by atoms with Crippen molar-refractivity contribution in [1.29, 1.82) is 0 Å². The van der Waals surface area contributed by atoms with Crippen molar-refractivity contribution in [2.75, 3.05) is 0 Å². The summed E-state index contributed by atoms with van der Waals surface area (Å²) in [7, 11) is 0.790. The van der Waals surface area contributed by atoms with Crippen molar-refractivity contribution in [3.63, 3.8) is 0 Å². The lowest BCUT2D eigenvalue weighted by atomic mass is 10.2. The van der Waals surface area contributed by atoms with Crippen molar-refractivity contribution >= 4 is 28.9 Å². The summed E-state index contributed by atoms with van der Waals surface area (Å²) in [5.74, 6) is -1.43. The fraction of sp³-hybridized carbons (Fsp3) is 0.133. The molecule has 0 amide bonds. The van der Waals surface area contributed by atoms with Crippen molar-refractivity contribution in [2.45, 2.75) is 6.18 Å². The Morgan fingerprint density at radius 2 is 1.85 bits per heavy atom. The predicted octanol–water partition coefficient (Wildman–Crippen LogP) is 2.91. The van der Waals surface area contributed by atoms with Crippen molar-refractivity contribution in [2.24, 2.45) is 7.05 Å². The Kier molecular flexibility index (Phi) is 4.02. The van der Waals surface area contributed by atoms with Crippen molar-refractivity contribution < 1.29 is 26.8 Å². The van der Waals surface area contributed by atoms with Gasteiger partial charge >= 0.3 is 11.9 Å². The van der Waals surface area contributed by atoms with Gasteiger partial charge in [-0.15, -0.1) is 0 Å². The van der Waals surface area contributed by atoms with E-state index in [1.165, 1.54) is 0 Å². The fourth-order valence-corrected chi connectivity index (χ4v) is 2.76. The van der Waals surface area contributed by atoms with Gasteiger partial charge in [-0.25, -0.2) is 13.8 Å². The van der Waals surface area contributed by atoms with Crippen LogP contribution in [-0.4, -0.2) is 15.4 Å². The number of furan rings is 1. The number of fused-ring (bicyclic) bond motifs is 1. The number of benzene rings is 1. The van der Waals surface area contributed by atoms with Crippen LogP contribution in [-0.2, 0) is 13.2 Å². The molecular weight excluding hydrogens is 384 g/mol. The predicted molar refractivity (Wildman–Crippen MR) is 82.4 cm³/mol. The Hall–Kier alpha value is -2.88. The smallest absolute Gasteiger partial charge is 0.431 e. The number of alkyl halides is 3. The van der Waals surface area contributed by atoms with Gasteiger partial charge in [-0.3, -0.25) is 14.2 Å². The largest absolute Gasteiger partial charge is 0.452 e. The first-order valence-corrected chi connectivity index (χ1v) is 7.21. The second-order valence-corrected chi connectivity index (χ2v) is 5.65. The normalized spacial score (nSPS) is 11.9. The third kappa shape index (κ3) is 2.62. The number of aromatic nitrogens is 2. The number of aldehydes is 1. The molecule has 3 aromatic rings. The third-order valence-corrected chi connectivity index (χ3v) is 3.93. The first kappa shape index (κ1) is 17.9. The Morgan fingerprint density at radius 1 is 1.19 bits per heavy atom. The van der Waals surface area contributed by atoms with Crippen LogP contribution < -0.4 is 11.2 Å². The summed E-state index contributed by atoms with van der Waals surface area (Å²) in [5, 5.41) is -0.456. The summed E-state index contributed by atoms with van der Waals surface area (Å²) in [6, 6.07) is 1.92. The minimum Gasteiger partial charge on any atom is -0.452 e. The molecule has 0 fully saturated rings. The number of nitrogens with zero attached hydrogens (tertiary/aromatic N) is 2. The van der Waals surface area contributed by atoms with Gasteiger partial charge in [0.15, 0.2) is 17.6 Å². The highest BCUT2D eigenvalue weighted by atomic mass is 35.5. The van der Waals surface area contributed by atoms with E-state index in [0.29, 0.717) is 0 Å². The molecule has 0 spiro atoms. The molecule has 2 aromatic heterocycles. The number of carbonyl (C=O) groups is 1. The molecule has 11 heteroatoms. The zero-order chi connectivity index (χ0) is 19.4. The molecule has 0 aliphatic rings. The van der Waals surface area contributed by atoms with Crippen molar-refractivity contribution in [1.82, 2.24) is 9.13 Å². The van der Waals surface area contributed by atoms with E-state index in [1.807, 2.05) is 0 Å². The van der Waals surface area contributed by atoms with Gasteiger partial charge in [0, 0.05) is 18.5 Å². The van der Waals surface area contributed by atoms with Crippen LogP contribution in [0.2, 0.25) is 5.02 Å². The molecule has 0 bridgehead atoms. The molecule has 0 radical (unpaired) electrons. The summed E-state index contributed by atoms with van der Waals surface area (Å²) >= 11 is 5.82. The first-order chi connectivity index (χ1) is 12.1. The van der Waals surface area contributed by atoms with Gasteiger partial charge in [-0.2, -0.15) is 13.2 Å². The van der Waals surface area contributed by atoms with Crippen LogP contribution in [0.15, 0.2) is 32.2 Å². The summed E-state index contributed by atoms with van der Waals surface area (Å²) in [6.45, 7) is 0. The minimum absolute atomic E-state index is 0.169. The van der Waals surface area contributed by atoms with E-state index in [9.17, 15) is 31.9 Å². The van der Waals surface area contributed by atoms with Gasteiger partial charge in [0.2, 0.25) is 0 Å². The number of halogens is 5. The van der Waals surface area contributed by atoms with Crippen LogP contribution in [0.1, 0.15) is 16.2 Å². The van der Waals surface area contributed by atoms with Crippen LogP contribution in [0.25, 0.3) is 16.7 Å². The monoisotopic (exact) mass is 390 g/mol. The van der Waals surface area contributed by atoms with E-state index < -0.39 is 34.6 Å². The zero-order valence-corrected chi connectivity index (χ0v) is 13.5. The molecule has 26 heavy (non-hydrogen) atoms. The van der Waals surface area contributed by atoms with Gasteiger partial charge in [0.05, 0.1) is 5.02 Å². The van der Waals surface area contributed by atoms with E-state index in [4.69, 9.17) is 16.0 Å². The SMILES string of the molecule is Cn1c(C(F)(F)F)cc(=O)n(-c2c(F)cc(Cl)c3oc(C=O)cc23)c1=O. The van der Waals surface area contributed by atoms with Crippen LogP contribution >= 0.6 is 11.6 Å². The lowest BCUT2D eigenvalue weighted by Gasteiger charge is -2.14. The molecular formula is C15H7ClF4N2O4. The lowest BCUT2D eigenvalue weighted by molar-refractivity contribution is -0.144. The highest BCUT2D eigenvalue weighted by molar-refractivity contribution is 6.35. The molecule has 0 saturated carbocycles. The highest BCUT2D eigenvalue weighted by Crippen LogP contribution is 2.33. The third-order valence-electron chi connectivity index (χ3n) is 3.65. The quantitative estimate of drug-likeness (QED) is 0.498. The van der Waals surface area contributed by atoms with Gasteiger partial charge in [-0.05, 0) is 12.1 Å². The Balaban J connectivity index is 2.48. The fourth-order valence-electron chi connectivity index (χ4n) is 2.53. The highest BCUT2D eigenvalue weighted by Gasteiger charge is 2.35. The average molecular weight is 391 g/mol. The first-order valence-electron chi connectivity index (χ1n) is 6.83. The molecule has 1 aromatic carbocycles. The Morgan fingerprint density at radius 3 is 2.42 bits per heavy atom. The topological polar surface area (TPSA) is 74.2 Å². The number of rotatable bonds is 2. The Bertz CT molecular complexity index is 1170.